The van der Waals surface area contributed by atoms with Crippen LogP contribution < -0.4 is 10.6 Å². The molecule has 0 amide bonds. The van der Waals surface area contributed by atoms with E-state index in [0.29, 0.717) is 5.92 Å². The molecule has 0 bridgehead atoms. The molecule has 2 fully saturated rings. The van der Waals surface area contributed by atoms with E-state index in [1.165, 1.54) is 24.8 Å². The molecule has 0 unspecified atom stereocenters. The third kappa shape index (κ3) is 4.81. The lowest BCUT2D eigenvalue weighted by Gasteiger charge is -2.37. The molecule has 3 N–H and O–H groups in total. The highest BCUT2D eigenvalue weighted by molar-refractivity contribution is 7.17. The molecule has 3 aromatic heterocycles. The van der Waals surface area contributed by atoms with Crippen molar-refractivity contribution < 1.29 is 5.11 Å². The molecule has 8 nitrogen and oxygen atoms in total. The quantitative estimate of drug-likeness (QED) is 0.585. The Morgan fingerprint density at radius 1 is 1.06 bits per heavy atom. The molecule has 0 saturated carbocycles. The molecule has 0 aliphatic carbocycles. The first-order chi connectivity index (χ1) is 15.9. The number of hydrogen-bond acceptors (Lipinski definition) is 9. The second-order valence-electron chi connectivity index (χ2n) is 9.89. The largest absolute Gasteiger partial charge is 0.390 e. The second kappa shape index (κ2) is 9.12. The molecule has 0 atom stereocenters. The van der Waals surface area contributed by atoms with Crippen LogP contribution in [0, 0.1) is 5.92 Å². The fourth-order valence-corrected chi connectivity index (χ4v) is 6.01. The zero-order valence-electron chi connectivity index (χ0n) is 19.5. The highest BCUT2D eigenvalue weighted by Crippen LogP contribution is 2.36. The molecule has 2 aliphatic heterocycles. The number of nitrogens with zero attached hydrogens (tertiary/aromatic N) is 6. The van der Waals surface area contributed by atoms with Gasteiger partial charge in [-0.2, -0.15) is 0 Å². The number of anilines is 2. The summed E-state index contributed by atoms with van der Waals surface area (Å²) in [7, 11) is 0. The minimum Gasteiger partial charge on any atom is -0.390 e. The molecule has 2 aliphatic rings. The van der Waals surface area contributed by atoms with Gasteiger partial charge in [-0.3, -0.25) is 4.90 Å². The summed E-state index contributed by atoms with van der Waals surface area (Å²) in [5, 5.41) is 12.6. The van der Waals surface area contributed by atoms with Gasteiger partial charge in [-0.15, -0.1) is 11.3 Å². The molecule has 176 valence electrons. The number of likely N-dealkylation sites (tertiary alicyclic amines) is 1. The van der Waals surface area contributed by atoms with E-state index in [9.17, 15) is 5.11 Å². The fraction of sp³-hybridized carbons (Fsp3) is 0.583. The second-order valence-corrected chi connectivity index (χ2v) is 10.8. The van der Waals surface area contributed by atoms with Gasteiger partial charge in [0.1, 0.15) is 0 Å². The molecule has 3 aromatic rings. The Morgan fingerprint density at radius 2 is 1.76 bits per heavy atom. The van der Waals surface area contributed by atoms with Crippen molar-refractivity contribution in [1.82, 2.24) is 24.8 Å². The maximum absolute atomic E-state index is 10.4. The van der Waals surface area contributed by atoms with E-state index in [1.807, 2.05) is 13.8 Å². The number of hydrogen-bond donors (Lipinski definition) is 2. The van der Waals surface area contributed by atoms with Crippen molar-refractivity contribution in [2.24, 2.45) is 5.92 Å². The van der Waals surface area contributed by atoms with Crippen LogP contribution in [0.3, 0.4) is 0 Å². The van der Waals surface area contributed by atoms with E-state index in [1.54, 1.807) is 23.7 Å². The number of piperidine rings is 2. The Balaban J connectivity index is 1.47. The summed E-state index contributed by atoms with van der Waals surface area (Å²) >= 11 is 1.69. The van der Waals surface area contributed by atoms with Crippen LogP contribution in [-0.2, 0) is 6.54 Å². The Bertz CT molecular complexity index is 1090. The molecule has 5 rings (SSSR count). The van der Waals surface area contributed by atoms with Crippen molar-refractivity contribution in [2.75, 3.05) is 36.8 Å². The number of nitrogen functional groups attached to an aromatic ring is 1. The van der Waals surface area contributed by atoms with Crippen molar-refractivity contribution in [2.45, 2.75) is 58.1 Å². The van der Waals surface area contributed by atoms with Gasteiger partial charge in [0, 0.05) is 43.2 Å². The van der Waals surface area contributed by atoms with Gasteiger partial charge in [0.25, 0.3) is 0 Å². The van der Waals surface area contributed by atoms with Crippen molar-refractivity contribution in [3.63, 3.8) is 0 Å². The zero-order chi connectivity index (χ0) is 23.0. The standard InChI is InChI=1S/C24H33N7OS/c1-24(2,32)18-6-10-30(11-7-18)14-17-15-33-21-19(16-12-26-22(25)27-13-16)28-23(29-20(17)21)31-8-4-3-5-9-31/h12-13,15,18,32H,3-11,14H2,1-2H3,(H2,25,26,27). The number of thiophene rings is 1. The van der Waals surface area contributed by atoms with Crippen LogP contribution in [0.25, 0.3) is 21.5 Å². The molecule has 33 heavy (non-hydrogen) atoms. The van der Waals surface area contributed by atoms with E-state index < -0.39 is 5.60 Å². The number of fused-ring (bicyclic) bond motifs is 1. The molecule has 0 aromatic carbocycles. The molecule has 5 heterocycles. The van der Waals surface area contributed by atoms with Crippen LogP contribution in [0.5, 0.6) is 0 Å². The summed E-state index contributed by atoms with van der Waals surface area (Å²) in [4.78, 5) is 23.3. The number of aromatic nitrogens is 4. The van der Waals surface area contributed by atoms with Gasteiger partial charge < -0.3 is 15.7 Å². The van der Waals surface area contributed by atoms with E-state index in [4.69, 9.17) is 15.7 Å². The van der Waals surface area contributed by atoms with Gasteiger partial charge in [-0.05, 0) is 70.3 Å². The maximum Gasteiger partial charge on any atom is 0.226 e. The van der Waals surface area contributed by atoms with Crippen LogP contribution in [0.2, 0.25) is 0 Å². The van der Waals surface area contributed by atoms with Crippen LogP contribution in [0.1, 0.15) is 51.5 Å². The lowest BCUT2D eigenvalue weighted by Crippen LogP contribution is -2.41. The average Bonchev–Trinajstić information content (AvgIpc) is 3.22. The Labute approximate surface area is 198 Å². The van der Waals surface area contributed by atoms with Gasteiger partial charge in [0.05, 0.1) is 21.5 Å². The molecule has 2 saturated heterocycles. The fourth-order valence-electron chi connectivity index (χ4n) is 5.00. The third-order valence-electron chi connectivity index (χ3n) is 7.04. The Hall–Kier alpha value is -2.36. The minimum atomic E-state index is -0.603. The first kappa shape index (κ1) is 22.4. The predicted octanol–water partition coefficient (Wildman–Crippen LogP) is 3.70. The maximum atomic E-state index is 10.4. The summed E-state index contributed by atoms with van der Waals surface area (Å²) in [5.41, 5.74) is 9.16. The lowest BCUT2D eigenvalue weighted by atomic mass is 9.83. The lowest BCUT2D eigenvalue weighted by molar-refractivity contribution is -0.0135. The van der Waals surface area contributed by atoms with Crippen LogP contribution in [-0.4, -0.2) is 61.7 Å². The van der Waals surface area contributed by atoms with E-state index in [-0.39, 0.29) is 5.95 Å². The molecular formula is C24H33N7OS. The van der Waals surface area contributed by atoms with Crippen molar-refractivity contribution in [1.29, 1.82) is 0 Å². The highest BCUT2D eigenvalue weighted by Gasteiger charge is 2.31. The Morgan fingerprint density at radius 3 is 2.42 bits per heavy atom. The van der Waals surface area contributed by atoms with Crippen LogP contribution in [0.15, 0.2) is 17.8 Å². The molecule has 0 radical (unpaired) electrons. The van der Waals surface area contributed by atoms with Crippen molar-refractivity contribution in [3.05, 3.63) is 23.3 Å². The molecular weight excluding hydrogens is 434 g/mol. The number of rotatable bonds is 5. The first-order valence-corrected chi connectivity index (χ1v) is 12.8. The van der Waals surface area contributed by atoms with Crippen molar-refractivity contribution in [3.8, 4) is 11.3 Å². The normalized spacial score (nSPS) is 18.8. The monoisotopic (exact) mass is 467 g/mol. The van der Waals surface area contributed by atoms with E-state index >= 15 is 0 Å². The minimum absolute atomic E-state index is 0.265. The first-order valence-electron chi connectivity index (χ1n) is 11.9. The van der Waals surface area contributed by atoms with Crippen molar-refractivity contribution >= 4 is 33.5 Å². The summed E-state index contributed by atoms with van der Waals surface area (Å²) in [6.45, 7) is 8.71. The van der Waals surface area contributed by atoms with Gasteiger partial charge in [-0.25, -0.2) is 19.9 Å². The summed E-state index contributed by atoms with van der Waals surface area (Å²) in [6, 6.07) is 0. The SMILES string of the molecule is CC(C)(O)C1CCN(Cc2csc3c(-c4cnc(N)nc4)nc(N4CCCCC4)nc23)CC1. The summed E-state index contributed by atoms with van der Waals surface area (Å²) in [5.74, 6) is 1.43. The summed E-state index contributed by atoms with van der Waals surface area (Å²) in [6.07, 6.45) is 9.17. The van der Waals surface area contributed by atoms with Gasteiger partial charge >= 0.3 is 0 Å². The Kier molecular flexibility index (Phi) is 6.20. The summed E-state index contributed by atoms with van der Waals surface area (Å²) < 4.78 is 1.07. The van der Waals surface area contributed by atoms with E-state index in [2.05, 4.69) is 25.1 Å². The van der Waals surface area contributed by atoms with Crippen LogP contribution >= 0.6 is 11.3 Å². The third-order valence-corrected chi connectivity index (χ3v) is 8.07. The predicted molar refractivity (Wildman–Crippen MR) is 133 cm³/mol. The van der Waals surface area contributed by atoms with Gasteiger partial charge in [-0.1, -0.05) is 0 Å². The van der Waals surface area contributed by atoms with Gasteiger partial charge in [0.2, 0.25) is 11.9 Å². The average molecular weight is 468 g/mol. The smallest absolute Gasteiger partial charge is 0.226 e. The van der Waals surface area contributed by atoms with E-state index in [0.717, 1.165) is 73.0 Å². The highest BCUT2D eigenvalue weighted by atomic mass is 32.1. The molecule has 0 spiro atoms. The molecule has 9 heteroatoms. The van der Waals surface area contributed by atoms with Gasteiger partial charge in [0.15, 0.2) is 0 Å². The number of nitrogens with two attached hydrogens (primary N) is 1. The number of aliphatic hydroxyl groups is 1. The van der Waals surface area contributed by atoms with Crippen LogP contribution in [0.4, 0.5) is 11.9 Å². The topological polar surface area (TPSA) is 104 Å². The zero-order valence-corrected chi connectivity index (χ0v) is 20.3.